The molecule has 0 radical (unpaired) electrons. The third-order valence-corrected chi connectivity index (χ3v) is 4.48. The topological polar surface area (TPSA) is 77.6 Å². The minimum Gasteiger partial charge on any atom is -0.289 e. The smallest absolute Gasteiger partial charge is 0.258 e. The Labute approximate surface area is 143 Å². The van der Waals surface area contributed by atoms with Gasteiger partial charge in [0, 0.05) is 24.4 Å². The Morgan fingerprint density at radius 1 is 1.36 bits per heavy atom. The maximum atomic E-state index is 13.3. The quantitative estimate of drug-likeness (QED) is 0.795. The van der Waals surface area contributed by atoms with Crippen LogP contribution < -0.4 is 5.32 Å². The van der Waals surface area contributed by atoms with Crippen molar-refractivity contribution in [3.63, 3.8) is 0 Å². The molecule has 3 aromatic rings. The van der Waals surface area contributed by atoms with Gasteiger partial charge in [0.1, 0.15) is 11.6 Å². The molecule has 4 rings (SSSR count). The normalized spacial score (nSPS) is 19.4. The van der Waals surface area contributed by atoms with Gasteiger partial charge in [0.05, 0.1) is 12.1 Å². The van der Waals surface area contributed by atoms with Crippen molar-refractivity contribution in [1.29, 1.82) is 0 Å². The highest BCUT2D eigenvalue weighted by Crippen LogP contribution is 2.32. The molecule has 8 heteroatoms. The van der Waals surface area contributed by atoms with Crippen molar-refractivity contribution >= 4 is 11.9 Å². The number of nitrogens with one attached hydrogen (secondary N) is 1. The van der Waals surface area contributed by atoms with Gasteiger partial charge in [0.2, 0.25) is 5.95 Å². The number of rotatable bonds is 3. The molecule has 2 aromatic heterocycles. The van der Waals surface area contributed by atoms with E-state index in [1.807, 2.05) is 21.6 Å². The van der Waals surface area contributed by atoms with Crippen molar-refractivity contribution in [2.24, 2.45) is 0 Å². The van der Waals surface area contributed by atoms with E-state index in [0.29, 0.717) is 0 Å². The van der Waals surface area contributed by atoms with Crippen LogP contribution in [0.5, 0.6) is 0 Å². The zero-order valence-corrected chi connectivity index (χ0v) is 13.6. The second kappa shape index (κ2) is 6.12. The molecule has 0 spiro atoms. The van der Waals surface area contributed by atoms with Crippen LogP contribution in [0.4, 0.5) is 10.3 Å². The summed E-state index contributed by atoms with van der Waals surface area (Å²) < 4.78 is 17.0. The highest BCUT2D eigenvalue weighted by atomic mass is 19.1. The lowest BCUT2D eigenvalue weighted by molar-refractivity contribution is 0.102. The van der Waals surface area contributed by atoms with Gasteiger partial charge in [-0.15, -0.1) is 5.10 Å². The molecular formula is C17H17FN6O. The molecule has 2 atom stereocenters. The number of hydrogen-bond donors (Lipinski definition) is 1. The number of aromatic nitrogens is 5. The minimum absolute atomic E-state index is 0.0657. The summed E-state index contributed by atoms with van der Waals surface area (Å²) in [5, 5.41) is 11.4. The number of nitrogens with zero attached hydrogens (tertiary/aromatic N) is 5. The molecule has 1 aromatic carbocycles. The van der Waals surface area contributed by atoms with Gasteiger partial charge >= 0.3 is 0 Å². The predicted octanol–water partition coefficient (Wildman–Crippen LogP) is 2.61. The molecule has 0 saturated carbocycles. The molecule has 25 heavy (non-hydrogen) atoms. The number of carbonyl (C=O) groups is 1. The SMILES string of the molecule is CC1C(n2cccn2)CCc2nc(NC(=O)c3cccc(F)c3)nn21. The average Bonchev–Trinajstić information content (AvgIpc) is 3.25. The zero-order chi connectivity index (χ0) is 17.4. The molecule has 0 fully saturated rings. The first kappa shape index (κ1) is 15.5. The number of hydrogen-bond acceptors (Lipinski definition) is 4. The first-order valence-electron chi connectivity index (χ1n) is 8.13. The fourth-order valence-electron chi connectivity index (χ4n) is 3.22. The summed E-state index contributed by atoms with van der Waals surface area (Å²) in [7, 11) is 0. The molecule has 128 valence electrons. The molecule has 1 N–H and O–H groups in total. The van der Waals surface area contributed by atoms with Crippen molar-refractivity contribution in [1.82, 2.24) is 24.5 Å². The minimum atomic E-state index is -0.458. The number of benzene rings is 1. The largest absolute Gasteiger partial charge is 0.289 e. The maximum Gasteiger partial charge on any atom is 0.258 e. The molecule has 1 aliphatic rings. The van der Waals surface area contributed by atoms with E-state index < -0.39 is 11.7 Å². The van der Waals surface area contributed by atoms with Crippen LogP contribution in [0.3, 0.4) is 0 Å². The Morgan fingerprint density at radius 2 is 2.24 bits per heavy atom. The Bertz CT molecular complexity index is 904. The van der Waals surface area contributed by atoms with Gasteiger partial charge in [-0.1, -0.05) is 6.07 Å². The summed E-state index contributed by atoms with van der Waals surface area (Å²) in [5.41, 5.74) is 0.232. The van der Waals surface area contributed by atoms with Crippen LogP contribution in [0.2, 0.25) is 0 Å². The van der Waals surface area contributed by atoms with Gasteiger partial charge in [0.15, 0.2) is 0 Å². The monoisotopic (exact) mass is 340 g/mol. The van der Waals surface area contributed by atoms with Gasteiger partial charge in [-0.05, 0) is 37.6 Å². The number of fused-ring (bicyclic) bond motifs is 1. The molecule has 0 bridgehead atoms. The molecule has 3 heterocycles. The molecule has 2 unspecified atom stereocenters. The third kappa shape index (κ3) is 2.90. The lowest BCUT2D eigenvalue weighted by Crippen LogP contribution is -2.28. The molecule has 0 aliphatic carbocycles. The summed E-state index contributed by atoms with van der Waals surface area (Å²) in [6.45, 7) is 2.06. The fourth-order valence-corrected chi connectivity index (χ4v) is 3.22. The number of carbonyl (C=O) groups excluding carboxylic acids is 1. The van der Waals surface area contributed by atoms with Crippen molar-refractivity contribution < 1.29 is 9.18 Å². The van der Waals surface area contributed by atoms with Gasteiger partial charge in [-0.25, -0.2) is 9.07 Å². The van der Waals surface area contributed by atoms with Crippen LogP contribution in [0.15, 0.2) is 42.7 Å². The number of aryl methyl sites for hydroxylation is 1. The van der Waals surface area contributed by atoms with E-state index in [0.717, 1.165) is 18.7 Å². The first-order chi connectivity index (χ1) is 12.1. The molecule has 0 saturated heterocycles. The molecular weight excluding hydrogens is 323 g/mol. The second-order valence-corrected chi connectivity index (χ2v) is 6.09. The molecule has 1 amide bonds. The van der Waals surface area contributed by atoms with Crippen LogP contribution in [0, 0.1) is 5.82 Å². The summed E-state index contributed by atoms with van der Waals surface area (Å²) >= 11 is 0. The van der Waals surface area contributed by atoms with Gasteiger partial charge in [-0.3, -0.25) is 14.8 Å². The van der Waals surface area contributed by atoms with Gasteiger partial charge in [0.25, 0.3) is 5.91 Å². The van der Waals surface area contributed by atoms with Gasteiger partial charge < -0.3 is 0 Å². The Balaban J connectivity index is 1.55. The van der Waals surface area contributed by atoms with Crippen LogP contribution in [0.1, 0.15) is 41.6 Å². The highest BCUT2D eigenvalue weighted by Gasteiger charge is 2.30. The van der Waals surface area contributed by atoms with Crippen LogP contribution in [-0.2, 0) is 6.42 Å². The summed E-state index contributed by atoms with van der Waals surface area (Å²) in [5.74, 6) is 0.168. The number of anilines is 1. The van der Waals surface area contributed by atoms with Crippen molar-refractivity contribution in [3.8, 4) is 0 Å². The summed E-state index contributed by atoms with van der Waals surface area (Å²) in [6.07, 6.45) is 5.35. The van der Waals surface area contributed by atoms with Crippen LogP contribution in [-0.4, -0.2) is 30.5 Å². The van der Waals surface area contributed by atoms with E-state index in [1.165, 1.54) is 18.2 Å². The lowest BCUT2D eigenvalue weighted by Gasteiger charge is -2.29. The highest BCUT2D eigenvalue weighted by molar-refractivity contribution is 6.03. The lowest BCUT2D eigenvalue weighted by atomic mass is 10.0. The van der Waals surface area contributed by atoms with Gasteiger partial charge in [-0.2, -0.15) is 10.1 Å². The fraction of sp³-hybridized carbons (Fsp3) is 0.294. The third-order valence-electron chi connectivity index (χ3n) is 4.48. The summed E-state index contributed by atoms with van der Waals surface area (Å²) in [6, 6.07) is 7.67. The van der Waals surface area contributed by atoms with E-state index in [4.69, 9.17) is 0 Å². The first-order valence-corrected chi connectivity index (χ1v) is 8.13. The van der Waals surface area contributed by atoms with E-state index in [-0.39, 0.29) is 23.6 Å². The summed E-state index contributed by atoms with van der Waals surface area (Å²) in [4.78, 5) is 16.6. The molecule has 7 nitrogen and oxygen atoms in total. The molecule has 1 aliphatic heterocycles. The Hall–Kier alpha value is -3.03. The van der Waals surface area contributed by atoms with Crippen molar-refractivity contribution in [3.05, 3.63) is 59.9 Å². The zero-order valence-electron chi connectivity index (χ0n) is 13.6. The predicted molar refractivity (Wildman–Crippen MR) is 88.7 cm³/mol. The van der Waals surface area contributed by atoms with E-state index in [2.05, 4.69) is 27.4 Å². The van der Waals surface area contributed by atoms with E-state index in [1.54, 1.807) is 12.3 Å². The van der Waals surface area contributed by atoms with E-state index >= 15 is 0 Å². The van der Waals surface area contributed by atoms with Crippen molar-refractivity contribution in [2.45, 2.75) is 31.8 Å². The van der Waals surface area contributed by atoms with Crippen molar-refractivity contribution in [2.75, 3.05) is 5.32 Å². The van der Waals surface area contributed by atoms with Crippen LogP contribution >= 0.6 is 0 Å². The van der Waals surface area contributed by atoms with E-state index in [9.17, 15) is 9.18 Å². The van der Waals surface area contributed by atoms with Crippen LogP contribution in [0.25, 0.3) is 0 Å². The average molecular weight is 340 g/mol. The Morgan fingerprint density at radius 3 is 3.00 bits per heavy atom. The standard InChI is InChI=1S/C17H17FN6O/c1-11-14(23-9-3-8-19-23)6-7-15-20-17(22-24(11)15)21-16(25)12-4-2-5-13(18)10-12/h2-5,8-11,14H,6-7H2,1H3,(H,21,22,25). The number of halogens is 1. The number of amides is 1. The second-order valence-electron chi connectivity index (χ2n) is 6.09. The maximum absolute atomic E-state index is 13.3. The Kier molecular flexibility index (Phi) is 3.79.